The maximum Gasteiger partial charge on any atom is 0.0704 e. The fourth-order valence-corrected chi connectivity index (χ4v) is 4.67. The molecule has 2 aromatic rings. The molecule has 0 amide bonds. The largest absolute Gasteiger partial charge is 0.309 e. The molecular weight excluding hydrogens is 370 g/mol. The lowest BCUT2D eigenvalue weighted by atomic mass is 10.0. The molecule has 2 heterocycles. The van der Waals surface area contributed by atoms with E-state index in [2.05, 4.69) is 61.6 Å². The molecule has 5 heteroatoms. The van der Waals surface area contributed by atoms with Crippen LogP contribution in [-0.4, -0.2) is 7.05 Å². The number of aryl methyl sites for hydroxylation is 1. The van der Waals surface area contributed by atoms with Gasteiger partial charge in [-0.25, -0.2) is 0 Å². The van der Waals surface area contributed by atoms with E-state index in [1.54, 1.807) is 22.7 Å². The van der Waals surface area contributed by atoms with Gasteiger partial charge in [-0.2, -0.15) is 0 Å². The summed E-state index contributed by atoms with van der Waals surface area (Å²) >= 11 is 10.6. The summed E-state index contributed by atoms with van der Waals surface area (Å²) in [5, 5.41) is 5.56. The molecule has 0 spiro atoms. The van der Waals surface area contributed by atoms with Crippen molar-refractivity contribution in [2.24, 2.45) is 0 Å². The highest BCUT2D eigenvalue weighted by Crippen LogP contribution is 2.35. The smallest absolute Gasteiger partial charge is 0.0704 e. The Kier molecular flexibility index (Phi) is 4.24. The highest BCUT2D eigenvalue weighted by Gasteiger charge is 2.17. The lowest BCUT2D eigenvalue weighted by molar-refractivity contribution is 0.693. The summed E-state index contributed by atoms with van der Waals surface area (Å²) < 4.78 is 2.37. The molecule has 0 radical (unpaired) electrons. The van der Waals surface area contributed by atoms with Gasteiger partial charge < -0.3 is 5.32 Å². The van der Waals surface area contributed by atoms with Gasteiger partial charge >= 0.3 is 0 Å². The van der Waals surface area contributed by atoms with E-state index in [4.69, 9.17) is 0 Å². The molecule has 1 nitrogen and oxygen atoms in total. The lowest BCUT2D eigenvalue weighted by Crippen LogP contribution is -2.17. The summed E-state index contributed by atoms with van der Waals surface area (Å²) in [7, 11) is 2.00. The van der Waals surface area contributed by atoms with Crippen molar-refractivity contribution in [3.63, 3.8) is 0 Å². The first-order valence-electron chi connectivity index (χ1n) is 4.79. The van der Waals surface area contributed by atoms with Gasteiger partial charge in [0.05, 0.1) is 13.6 Å². The highest BCUT2D eigenvalue weighted by molar-refractivity contribution is 9.11. The van der Waals surface area contributed by atoms with Gasteiger partial charge in [-0.05, 0) is 74.5 Å². The van der Waals surface area contributed by atoms with Crippen molar-refractivity contribution in [1.82, 2.24) is 5.32 Å². The van der Waals surface area contributed by atoms with Crippen molar-refractivity contribution >= 4 is 54.5 Å². The zero-order valence-corrected chi connectivity index (χ0v) is 13.7. The highest BCUT2D eigenvalue weighted by atomic mass is 79.9. The minimum atomic E-state index is 0.282. The number of halogens is 2. The van der Waals surface area contributed by atoms with Gasteiger partial charge in [0.25, 0.3) is 0 Å². The summed E-state index contributed by atoms with van der Waals surface area (Å²) in [5.74, 6) is 0. The normalized spacial score (nSPS) is 13.0. The molecule has 0 saturated carbocycles. The second-order valence-corrected chi connectivity index (χ2v) is 8.39. The molecule has 0 saturated heterocycles. The zero-order chi connectivity index (χ0) is 11.7. The van der Waals surface area contributed by atoms with Crippen LogP contribution in [0.4, 0.5) is 0 Å². The molecule has 1 N–H and O–H groups in total. The second-order valence-electron chi connectivity index (χ2n) is 3.47. The summed E-state index contributed by atoms with van der Waals surface area (Å²) in [4.78, 5) is 1.36. The topological polar surface area (TPSA) is 12.0 Å². The first-order chi connectivity index (χ1) is 7.61. The predicted octanol–water partition coefficient (Wildman–Crippen LogP) is 4.95. The van der Waals surface area contributed by atoms with Crippen molar-refractivity contribution in [2.45, 2.75) is 13.0 Å². The van der Waals surface area contributed by atoms with Gasteiger partial charge in [0, 0.05) is 4.88 Å². The van der Waals surface area contributed by atoms with E-state index in [1.807, 2.05) is 7.05 Å². The van der Waals surface area contributed by atoms with Crippen LogP contribution in [0.15, 0.2) is 25.1 Å². The lowest BCUT2D eigenvalue weighted by Gasteiger charge is -2.14. The van der Waals surface area contributed by atoms with Crippen LogP contribution in [0.25, 0.3) is 0 Å². The molecule has 0 aliphatic heterocycles. The van der Waals surface area contributed by atoms with Gasteiger partial charge in [-0.15, -0.1) is 22.7 Å². The number of hydrogen-bond acceptors (Lipinski definition) is 3. The quantitative estimate of drug-likeness (QED) is 0.793. The van der Waals surface area contributed by atoms with E-state index in [0.29, 0.717) is 0 Å². The molecule has 2 rings (SSSR count). The Morgan fingerprint density at radius 3 is 2.44 bits per heavy atom. The molecule has 16 heavy (non-hydrogen) atoms. The SMILES string of the molecule is CNC(c1csc(Br)c1)c1cc(Br)sc1C. The van der Waals surface area contributed by atoms with Crippen LogP contribution >= 0.6 is 54.5 Å². The average molecular weight is 381 g/mol. The predicted molar refractivity (Wildman–Crippen MR) is 79.7 cm³/mol. The molecule has 0 aliphatic rings. The molecule has 1 atom stereocenters. The maximum atomic E-state index is 3.54. The van der Waals surface area contributed by atoms with Crippen LogP contribution < -0.4 is 5.32 Å². The van der Waals surface area contributed by atoms with Crippen molar-refractivity contribution < 1.29 is 0 Å². The Labute approximate surface area is 120 Å². The monoisotopic (exact) mass is 379 g/mol. The Bertz CT molecular complexity index is 490. The summed E-state index contributed by atoms with van der Waals surface area (Å²) in [6, 6.07) is 4.66. The first kappa shape index (κ1) is 12.8. The third-order valence-electron chi connectivity index (χ3n) is 2.45. The molecule has 1 unspecified atom stereocenters. The molecule has 0 aliphatic carbocycles. The second kappa shape index (κ2) is 5.31. The third kappa shape index (κ3) is 2.59. The standard InChI is InChI=1S/C11H11Br2NS2/c1-6-8(4-10(13)16-6)11(14-2)7-3-9(12)15-5-7/h3-5,11,14H,1-2H3. The van der Waals surface area contributed by atoms with E-state index in [1.165, 1.54) is 23.6 Å². The van der Waals surface area contributed by atoms with Crippen molar-refractivity contribution in [3.05, 3.63) is 41.1 Å². The summed E-state index contributed by atoms with van der Waals surface area (Å²) in [6.45, 7) is 2.16. The van der Waals surface area contributed by atoms with Crippen LogP contribution in [0, 0.1) is 6.92 Å². The summed E-state index contributed by atoms with van der Waals surface area (Å²) in [6.07, 6.45) is 0. The van der Waals surface area contributed by atoms with Gasteiger partial charge in [0.1, 0.15) is 0 Å². The number of nitrogens with one attached hydrogen (secondary N) is 1. The molecule has 0 fully saturated rings. The average Bonchev–Trinajstić information content (AvgIpc) is 2.76. The van der Waals surface area contributed by atoms with E-state index in [9.17, 15) is 0 Å². The fraction of sp³-hybridized carbons (Fsp3) is 0.273. The van der Waals surface area contributed by atoms with Gasteiger partial charge in [0.15, 0.2) is 0 Å². The van der Waals surface area contributed by atoms with Crippen LogP contribution in [-0.2, 0) is 0 Å². The van der Waals surface area contributed by atoms with Crippen LogP contribution in [0.3, 0.4) is 0 Å². The molecule has 0 bridgehead atoms. The van der Waals surface area contributed by atoms with Crippen LogP contribution in [0.1, 0.15) is 22.0 Å². The van der Waals surface area contributed by atoms with E-state index in [0.717, 1.165) is 0 Å². The first-order valence-corrected chi connectivity index (χ1v) is 8.07. The van der Waals surface area contributed by atoms with Crippen molar-refractivity contribution in [2.75, 3.05) is 7.05 Å². The molecule has 0 aromatic carbocycles. The summed E-state index contributed by atoms with van der Waals surface area (Å²) in [5.41, 5.74) is 2.66. The number of thiophene rings is 2. The Morgan fingerprint density at radius 2 is 2.00 bits per heavy atom. The Morgan fingerprint density at radius 1 is 1.25 bits per heavy atom. The van der Waals surface area contributed by atoms with E-state index >= 15 is 0 Å². The van der Waals surface area contributed by atoms with E-state index < -0.39 is 0 Å². The van der Waals surface area contributed by atoms with E-state index in [-0.39, 0.29) is 6.04 Å². The van der Waals surface area contributed by atoms with Crippen molar-refractivity contribution in [1.29, 1.82) is 0 Å². The fourth-order valence-electron chi connectivity index (χ4n) is 1.72. The number of hydrogen-bond donors (Lipinski definition) is 1. The maximum absolute atomic E-state index is 3.54. The molecule has 86 valence electrons. The van der Waals surface area contributed by atoms with Gasteiger partial charge in [-0.3, -0.25) is 0 Å². The zero-order valence-electron chi connectivity index (χ0n) is 8.88. The van der Waals surface area contributed by atoms with Gasteiger partial charge in [0.2, 0.25) is 0 Å². The minimum absolute atomic E-state index is 0.282. The number of rotatable bonds is 3. The minimum Gasteiger partial charge on any atom is -0.309 e. The van der Waals surface area contributed by atoms with Crippen molar-refractivity contribution in [3.8, 4) is 0 Å². The third-order valence-corrected chi connectivity index (χ3v) is 5.54. The van der Waals surface area contributed by atoms with Crippen LogP contribution in [0.5, 0.6) is 0 Å². The van der Waals surface area contributed by atoms with Crippen LogP contribution in [0.2, 0.25) is 0 Å². The Balaban J connectivity index is 2.40. The molecular formula is C11H11Br2NS2. The molecule has 2 aromatic heterocycles. The Hall–Kier alpha value is 0.320. The van der Waals surface area contributed by atoms with Gasteiger partial charge in [-0.1, -0.05) is 0 Å².